The molecule has 0 aromatic heterocycles. The van der Waals surface area contributed by atoms with E-state index in [0.717, 1.165) is 63.1 Å². The molecule has 0 spiro atoms. The first kappa shape index (κ1) is 43.9. The first-order valence-electron chi connectivity index (χ1n) is 18.5. The maximum Gasteiger partial charge on any atom is 0.240 e. The molecule has 3 aliphatic rings. The number of allylic oxidation sites excluding steroid dienone is 3. The van der Waals surface area contributed by atoms with Crippen molar-refractivity contribution in [3.8, 4) is 5.75 Å². The Morgan fingerprint density at radius 2 is 1.63 bits per heavy atom. The van der Waals surface area contributed by atoms with E-state index in [1.54, 1.807) is 31.4 Å². The average molecular weight is 694 g/mol. The second-order valence-electron chi connectivity index (χ2n) is 12.7. The summed E-state index contributed by atoms with van der Waals surface area (Å²) in [6.45, 7) is 23.6. The predicted molar refractivity (Wildman–Crippen MR) is 212 cm³/mol. The van der Waals surface area contributed by atoms with Gasteiger partial charge in [0.2, 0.25) is 10.0 Å². The fourth-order valence-corrected chi connectivity index (χ4v) is 7.62. The molecule has 2 fully saturated rings. The lowest BCUT2D eigenvalue weighted by molar-refractivity contribution is 0.280. The molecule has 49 heavy (non-hydrogen) atoms. The molecule has 5 rings (SSSR count). The van der Waals surface area contributed by atoms with Crippen LogP contribution < -0.4 is 14.8 Å². The molecule has 0 amide bonds. The minimum absolute atomic E-state index is 0.339. The van der Waals surface area contributed by atoms with Gasteiger partial charge in [0.05, 0.1) is 17.8 Å². The van der Waals surface area contributed by atoms with Crippen molar-refractivity contribution in [3.63, 3.8) is 0 Å². The lowest BCUT2D eigenvalue weighted by atomic mass is 9.80. The number of aryl methyl sites for hydroxylation is 1. The molecule has 2 N–H and O–H groups in total. The molecule has 2 aliphatic carbocycles. The van der Waals surface area contributed by atoms with E-state index in [1.165, 1.54) is 36.0 Å². The van der Waals surface area contributed by atoms with Gasteiger partial charge in [0.15, 0.2) is 0 Å². The van der Waals surface area contributed by atoms with Crippen LogP contribution in [0.5, 0.6) is 5.75 Å². The molecule has 2 aromatic carbocycles. The summed E-state index contributed by atoms with van der Waals surface area (Å²) in [5.74, 6) is 3.62. The van der Waals surface area contributed by atoms with Crippen LogP contribution in [-0.4, -0.2) is 40.5 Å². The standard InChI is InChI=1S/C27H35N3O3S.C8H14.C3H8.C2H6.C2H4/c1-33-22-12-13-24-21(15-22)11-14-26-25(24)16-27(30-26)28-17-19-7-9-20(10-8-19)18-29-34(31,32)23-5-3-2-4-6-23;1-4-6-8(3)7-5-2;1-3-2;2*1-2/h2-6,12-13,15,19-20,25-26,29H,7-11,14,16-18H2,1H3,(H,28,30);4,6H,1,5,7H2,2-3H3;3H2,1-2H3;1-2H3;1-2H2/b;8-6+;;;. The average Bonchev–Trinajstić information content (AvgIpc) is 3.57. The molecule has 0 radical (unpaired) electrons. The van der Waals surface area contributed by atoms with E-state index in [4.69, 9.17) is 9.73 Å². The third-order valence-corrected chi connectivity index (χ3v) is 10.3. The molecule has 2 atom stereocenters. The van der Waals surface area contributed by atoms with Crippen molar-refractivity contribution >= 4 is 15.9 Å². The zero-order chi connectivity index (χ0) is 36.7. The summed E-state index contributed by atoms with van der Waals surface area (Å²) in [4.78, 5) is 5.34. The number of nitrogens with zero attached hydrogens (tertiary/aromatic N) is 1. The Hall–Kier alpha value is -3.16. The molecule has 2 unspecified atom stereocenters. The van der Waals surface area contributed by atoms with Gasteiger partial charge in [0.25, 0.3) is 0 Å². The van der Waals surface area contributed by atoms with Gasteiger partial charge in [-0.2, -0.15) is 0 Å². The zero-order valence-corrected chi connectivity index (χ0v) is 32.6. The van der Waals surface area contributed by atoms with Crippen LogP contribution in [0.2, 0.25) is 0 Å². The number of fused-ring (bicyclic) bond motifs is 3. The van der Waals surface area contributed by atoms with E-state index in [-0.39, 0.29) is 0 Å². The second-order valence-corrected chi connectivity index (χ2v) is 14.5. The summed E-state index contributed by atoms with van der Waals surface area (Å²) in [5.41, 5.74) is 4.29. The van der Waals surface area contributed by atoms with Crippen molar-refractivity contribution in [3.05, 3.63) is 97.1 Å². The van der Waals surface area contributed by atoms with Crippen LogP contribution in [-0.2, 0) is 16.4 Å². The first-order valence-corrected chi connectivity index (χ1v) is 20.0. The topological polar surface area (TPSA) is 79.8 Å². The Labute approximate surface area is 300 Å². The predicted octanol–water partition coefficient (Wildman–Crippen LogP) is 10.4. The fraction of sp³-hybridized carbons (Fsp3) is 0.548. The number of nitrogens with one attached hydrogen (secondary N) is 2. The van der Waals surface area contributed by atoms with Crippen molar-refractivity contribution < 1.29 is 13.2 Å². The van der Waals surface area contributed by atoms with Crippen LogP contribution in [0.4, 0.5) is 0 Å². The molecular weight excluding hydrogens is 627 g/mol. The summed E-state index contributed by atoms with van der Waals surface area (Å²) in [6, 6.07) is 15.6. The van der Waals surface area contributed by atoms with Crippen LogP contribution in [0.15, 0.2) is 95.9 Å². The molecule has 274 valence electrons. The number of amidine groups is 1. The first-order chi connectivity index (χ1) is 23.7. The van der Waals surface area contributed by atoms with Gasteiger partial charge in [-0.1, -0.05) is 96.0 Å². The van der Waals surface area contributed by atoms with Gasteiger partial charge in [0, 0.05) is 31.5 Å². The summed E-state index contributed by atoms with van der Waals surface area (Å²) >= 11 is 0. The van der Waals surface area contributed by atoms with Crippen LogP contribution in [0.3, 0.4) is 0 Å². The van der Waals surface area contributed by atoms with Gasteiger partial charge in [-0.05, 0) is 99.1 Å². The smallest absolute Gasteiger partial charge is 0.240 e. The molecule has 2 aromatic rings. The van der Waals surface area contributed by atoms with E-state index in [1.807, 2.05) is 26.0 Å². The molecule has 1 aliphatic heterocycles. The maximum absolute atomic E-state index is 12.5. The van der Waals surface area contributed by atoms with Gasteiger partial charge >= 0.3 is 0 Å². The van der Waals surface area contributed by atoms with E-state index < -0.39 is 10.0 Å². The quantitative estimate of drug-likeness (QED) is 0.192. The minimum Gasteiger partial charge on any atom is -0.497 e. The Kier molecular flexibility index (Phi) is 22.3. The van der Waals surface area contributed by atoms with E-state index in [9.17, 15) is 8.42 Å². The van der Waals surface area contributed by atoms with E-state index in [2.05, 4.69) is 81.7 Å². The lowest BCUT2D eigenvalue weighted by Crippen LogP contribution is -2.32. The van der Waals surface area contributed by atoms with Gasteiger partial charge < -0.3 is 10.1 Å². The Balaban J connectivity index is 0.000000684. The highest BCUT2D eigenvalue weighted by Gasteiger charge is 2.36. The molecule has 1 saturated heterocycles. The number of hydrogen-bond donors (Lipinski definition) is 2. The molecular formula is C42H67N3O3S. The van der Waals surface area contributed by atoms with Crippen molar-refractivity contribution in [1.29, 1.82) is 0 Å². The van der Waals surface area contributed by atoms with Crippen molar-refractivity contribution in [2.24, 2.45) is 16.8 Å². The van der Waals surface area contributed by atoms with Crippen LogP contribution >= 0.6 is 0 Å². The van der Waals surface area contributed by atoms with Crippen molar-refractivity contribution in [2.45, 2.75) is 123 Å². The summed E-state index contributed by atoms with van der Waals surface area (Å²) in [5, 5.41) is 3.71. The van der Waals surface area contributed by atoms with Crippen LogP contribution in [0, 0.1) is 11.8 Å². The molecule has 1 heterocycles. The van der Waals surface area contributed by atoms with Gasteiger partial charge in [-0.15, -0.1) is 13.2 Å². The Morgan fingerprint density at radius 3 is 2.22 bits per heavy atom. The van der Waals surface area contributed by atoms with E-state index in [0.29, 0.717) is 35.2 Å². The monoisotopic (exact) mass is 693 g/mol. The number of rotatable bonds is 10. The Bertz CT molecular complexity index is 1360. The zero-order valence-electron chi connectivity index (χ0n) is 31.8. The second kappa shape index (κ2) is 24.9. The molecule has 1 saturated carbocycles. The minimum atomic E-state index is -3.42. The maximum atomic E-state index is 12.5. The fourth-order valence-electron chi connectivity index (χ4n) is 6.48. The number of ether oxygens (including phenoxy) is 1. The Morgan fingerprint density at radius 1 is 1.00 bits per heavy atom. The highest BCUT2D eigenvalue weighted by Crippen LogP contribution is 2.39. The number of methoxy groups -OCH3 is 1. The number of aliphatic imine (C=N–C) groups is 1. The van der Waals surface area contributed by atoms with Crippen LogP contribution in [0.1, 0.15) is 116 Å². The molecule has 6 nitrogen and oxygen atoms in total. The van der Waals surface area contributed by atoms with Crippen LogP contribution in [0.25, 0.3) is 0 Å². The normalized spacial score (nSPS) is 21.6. The highest BCUT2D eigenvalue weighted by molar-refractivity contribution is 7.89. The summed E-state index contributed by atoms with van der Waals surface area (Å²) in [6.07, 6.45) is 15.2. The van der Waals surface area contributed by atoms with Gasteiger partial charge in [-0.3, -0.25) is 4.99 Å². The number of benzene rings is 2. The van der Waals surface area contributed by atoms with E-state index >= 15 is 0 Å². The van der Waals surface area contributed by atoms with Crippen molar-refractivity contribution in [2.75, 3.05) is 20.2 Å². The SMILES string of the molecule is C=C.C=C/C=C(\C)CCC.CC.CCC.COc1ccc2c(c1)CCC1NC(=NCC3CCC(CNS(=O)(=O)c4ccccc4)CC3)CC21. The third-order valence-electron chi connectivity index (χ3n) is 8.89. The van der Waals surface area contributed by atoms with Gasteiger partial charge in [-0.25, -0.2) is 13.1 Å². The highest BCUT2D eigenvalue weighted by atomic mass is 32.2. The van der Waals surface area contributed by atoms with Gasteiger partial charge in [0.1, 0.15) is 5.75 Å². The summed E-state index contributed by atoms with van der Waals surface area (Å²) in [7, 11) is -1.69. The molecule has 0 bridgehead atoms. The number of hydrogen-bond acceptors (Lipinski definition) is 4. The molecule has 7 heteroatoms. The summed E-state index contributed by atoms with van der Waals surface area (Å²) < 4.78 is 33.1. The largest absolute Gasteiger partial charge is 0.497 e. The third kappa shape index (κ3) is 15.1. The van der Waals surface area contributed by atoms with Crippen molar-refractivity contribution in [1.82, 2.24) is 10.0 Å². The number of sulfonamides is 1. The lowest BCUT2D eigenvalue weighted by Gasteiger charge is -2.28.